The van der Waals surface area contributed by atoms with Crippen LogP contribution in [0.1, 0.15) is 13.3 Å². The first-order valence-corrected chi connectivity index (χ1v) is 6.05. The van der Waals surface area contributed by atoms with E-state index in [0.29, 0.717) is 18.3 Å². The largest absolute Gasteiger partial charge is 0.385 e. The zero-order valence-electron chi connectivity index (χ0n) is 9.65. The third kappa shape index (κ3) is 3.86. The number of thioether (sulfide) groups is 1. The Kier molecular flexibility index (Phi) is 5.34. The third-order valence-corrected chi connectivity index (χ3v) is 3.11. The minimum absolute atomic E-state index is 0.166. The molecule has 5 nitrogen and oxygen atoms in total. The zero-order chi connectivity index (χ0) is 12.0. The number of hydrogen-bond acceptors (Lipinski definition) is 4. The maximum Gasteiger partial charge on any atom is 0.343 e. The van der Waals surface area contributed by atoms with Gasteiger partial charge in [-0.3, -0.25) is 4.57 Å². The smallest absolute Gasteiger partial charge is 0.343 e. The van der Waals surface area contributed by atoms with Crippen molar-refractivity contribution in [3.63, 3.8) is 0 Å². The summed E-state index contributed by atoms with van der Waals surface area (Å²) in [6.07, 6.45) is 0.802. The molecule has 6 heteroatoms. The number of methoxy groups -OCH3 is 1. The van der Waals surface area contributed by atoms with E-state index in [4.69, 9.17) is 4.74 Å². The van der Waals surface area contributed by atoms with Crippen LogP contribution in [0.2, 0.25) is 0 Å². The van der Waals surface area contributed by atoms with Crippen LogP contribution in [0, 0.1) is 0 Å². The number of H-pyrrole nitrogens is 1. The molecule has 1 N–H and O–H groups in total. The molecule has 1 rings (SSSR count). The average Bonchev–Trinajstić information content (AvgIpc) is 2.58. The number of aromatic amines is 1. The van der Waals surface area contributed by atoms with Crippen LogP contribution in [-0.2, 0) is 11.3 Å². The summed E-state index contributed by atoms with van der Waals surface area (Å²) in [6.45, 7) is 7.04. The first kappa shape index (κ1) is 13.1. The maximum atomic E-state index is 11.4. The van der Waals surface area contributed by atoms with Crippen molar-refractivity contribution in [1.29, 1.82) is 0 Å². The van der Waals surface area contributed by atoms with Crippen molar-refractivity contribution in [2.45, 2.75) is 25.0 Å². The Balaban J connectivity index is 2.62. The Morgan fingerprint density at radius 2 is 2.44 bits per heavy atom. The van der Waals surface area contributed by atoms with Crippen LogP contribution in [-0.4, -0.2) is 34.2 Å². The summed E-state index contributed by atoms with van der Waals surface area (Å²) in [5.41, 5.74) is 0.893. The minimum atomic E-state index is -0.166. The quantitative estimate of drug-likeness (QED) is 0.445. The van der Waals surface area contributed by atoms with Crippen molar-refractivity contribution in [3.05, 3.63) is 22.6 Å². The molecule has 0 fully saturated rings. The molecular weight excluding hydrogens is 226 g/mol. The Hall–Kier alpha value is -1.01. The van der Waals surface area contributed by atoms with E-state index in [1.165, 1.54) is 11.8 Å². The molecule has 1 aromatic rings. The van der Waals surface area contributed by atoms with E-state index in [-0.39, 0.29) is 5.69 Å². The van der Waals surface area contributed by atoms with E-state index in [2.05, 4.69) is 16.8 Å². The van der Waals surface area contributed by atoms with Gasteiger partial charge in [-0.15, -0.1) is 5.10 Å². The molecule has 0 radical (unpaired) electrons. The highest BCUT2D eigenvalue weighted by Gasteiger charge is 2.08. The summed E-state index contributed by atoms with van der Waals surface area (Å²) in [6, 6.07) is 0. The second-order valence-corrected chi connectivity index (χ2v) is 4.50. The van der Waals surface area contributed by atoms with E-state index >= 15 is 0 Å². The molecule has 1 heterocycles. The highest BCUT2D eigenvalue weighted by molar-refractivity contribution is 7.99. The van der Waals surface area contributed by atoms with Gasteiger partial charge in [0.05, 0.1) is 0 Å². The molecule has 0 unspecified atom stereocenters. The predicted octanol–water partition coefficient (Wildman–Crippen LogP) is 1.28. The molecule has 0 spiro atoms. The standard InChI is InChI=1S/C10H17N3O2S/c1-8(2)7-16-10-12-11-9(14)13(10)5-4-6-15-3/h1,4-7H2,2-3H3,(H,11,14). The van der Waals surface area contributed by atoms with Crippen LogP contribution in [0.15, 0.2) is 22.1 Å². The van der Waals surface area contributed by atoms with Crippen molar-refractivity contribution in [1.82, 2.24) is 14.8 Å². The number of aromatic nitrogens is 3. The number of nitrogens with one attached hydrogen (secondary N) is 1. The van der Waals surface area contributed by atoms with Gasteiger partial charge in [0.25, 0.3) is 0 Å². The Morgan fingerprint density at radius 1 is 1.69 bits per heavy atom. The van der Waals surface area contributed by atoms with Crippen molar-refractivity contribution >= 4 is 11.8 Å². The summed E-state index contributed by atoms with van der Waals surface area (Å²) in [7, 11) is 1.65. The summed E-state index contributed by atoms with van der Waals surface area (Å²) in [5.74, 6) is 0.772. The Labute approximate surface area is 98.9 Å². The monoisotopic (exact) mass is 243 g/mol. The number of ether oxygens (including phenoxy) is 1. The number of nitrogens with zero attached hydrogens (tertiary/aromatic N) is 2. The molecular formula is C10H17N3O2S. The lowest BCUT2D eigenvalue weighted by Crippen LogP contribution is -2.18. The highest BCUT2D eigenvalue weighted by Crippen LogP contribution is 2.15. The van der Waals surface area contributed by atoms with Gasteiger partial charge in [0.15, 0.2) is 5.16 Å². The minimum Gasteiger partial charge on any atom is -0.385 e. The number of rotatable bonds is 7. The van der Waals surface area contributed by atoms with E-state index < -0.39 is 0 Å². The van der Waals surface area contributed by atoms with Crippen LogP contribution in [0.25, 0.3) is 0 Å². The molecule has 1 aromatic heterocycles. The Bertz CT molecular complexity index is 397. The van der Waals surface area contributed by atoms with Crippen molar-refractivity contribution in [2.24, 2.45) is 0 Å². The first-order valence-electron chi connectivity index (χ1n) is 5.06. The highest BCUT2D eigenvalue weighted by atomic mass is 32.2. The molecule has 0 atom stereocenters. The average molecular weight is 243 g/mol. The predicted molar refractivity (Wildman–Crippen MR) is 64.9 cm³/mol. The molecule has 0 aromatic carbocycles. The molecule has 90 valence electrons. The topological polar surface area (TPSA) is 59.9 Å². The fraction of sp³-hybridized carbons (Fsp3) is 0.600. The van der Waals surface area contributed by atoms with Crippen molar-refractivity contribution in [2.75, 3.05) is 19.5 Å². The second-order valence-electron chi connectivity index (χ2n) is 3.56. The molecule has 0 saturated heterocycles. The van der Waals surface area contributed by atoms with Crippen LogP contribution in [0.3, 0.4) is 0 Å². The summed E-state index contributed by atoms with van der Waals surface area (Å²) in [4.78, 5) is 11.4. The van der Waals surface area contributed by atoms with Crippen LogP contribution in [0.5, 0.6) is 0 Å². The zero-order valence-corrected chi connectivity index (χ0v) is 10.5. The second kappa shape index (κ2) is 6.55. The third-order valence-electron chi connectivity index (χ3n) is 1.90. The molecule has 0 aliphatic rings. The molecule has 0 amide bonds. The summed E-state index contributed by atoms with van der Waals surface area (Å²) in [5, 5.41) is 7.14. The van der Waals surface area contributed by atoms with Gasteiger partial charge < -0.3 is 4.74 Å². The lowest BCUT2D eigenvalue weighted by atomic mass is 10.4. The van der Waals surface area contributed by atoms with E-state index in [1.807, 2.05) is 6.92 Å². The van der Waals surface area contributed by atoms with Gasteiger partial charge in [0.2, 0.25) is 0 Å². The molecule has 0 bridgehead atoms. The van der Waals surface area contributed by atoms with Crippen molar-refractivity contribution in [3.8, 4) is 0 Å². The van der Waals surface area contributed by atoms with Gasteiger partial charge in [-0.1, -0.05) is 23.9 Å². The summed E-state index contributed by atoms with van der Waals surface area (Å²) >= 11 is 1.51. The maximum absolute atomic E-state index is 11.4. The van der Waals surface area contributed by atoms with Crippen LogP contribution in [0.4, 0.5) is 0 Å². The fourth-order valence-corrected chi connectivity index (χ4v) is 1.98. The molecule has 0 aliphatic heterocycles. The lowest BCUT2D eigenvalue weighted by molar-refractivity contribution is 0.189. The molecule has 0 aliphatic carbocycles. The van der Waals surface area contributed by atoms with E-state index in [9.17, 15) is 4.79 Å². The molecule has 16 heavy (non-hydrogen) atoms. The number of hydrogen-bond donors (Lipinski definition) is 1. The lowest BCUT2D eigenvalue weighted by Gasteiger charge is -2.04. The van der Waals surface area contributed by atoms with Gasteiger partial charge >= 0.3 is 5.69 Å². The summed E-state index contributed by atoms with van der Waals surface area (Å²) < 4.78 is 6.58. The van der Waals surface area contributed by atoms with Gasteiger partial charge in [-0.25, -0.2) is 9.89 Å². The van der Waals surface area contributed by atoms with E-state index in [1.54, 1.807) is 11.7 Å². The van der Waals surface area contributed by atoms with Gasteiger partial charge in [-0.05, 0) is 13.3 Å². The van der Waals surface area contributed by atoms with Crippen LogP contribution < -0.4 is 5.69 Å². The van der Waals surface area contributed by atoms with Gasteiger partial charge in [0.1, 0.15) is 0 Å². The van der Waals surface area contributed by atoms with Gasteiger partial charge in [0, 0.05) is 26.0 Å². The SMILES string of the molecule is C=C(C)CSc1n[nH]c(=O)n1CCCOC. The Morgan fingerprint density at radius 3 is 3.06 bits per heavy atom. The van der Waals surface area contributed by atoms with Crippen LogP contribution >= 0.6 is 11.8 Å². The normalized spacial score (nSPS) is 10.6. The first-order chi connectivity index (χ1) is 7.65. The molecule has 0 saturated carbocycles. The van der Waals surface area contributed by atoms with E-state index in [0.717, 1.165) is 17.7 Å². The van der Waals surface area contributed by atoms with Crippen molar-refractivity contribution < 1.29 is 4.74 Å². The van der Waals surface area contributed by atoms with Gasteiger partial charge in [-0.2, -0.15) is 0 Å². The fourth-order valence-electron chi connectivity index (χ4n) is 1.17.